The molecule has 1 aliphatic heterocycles. The van der Waals surface area contributed by atoms with Crippen molar-refractivity contribution in [1.82, 2.24) is 15.5 Å². The van der Waals surface area contributed by atoms with Gasteiger partial charge in [-0.25, -0.2) is 8.42 Å². The van der Waals surface area contributed by atoms with Gasteiger partial charge in [-0.3, -0.25) is 4.79 Å². The third-order valence-corrected chi connectivity index (χ3v) is 8.74. The number of hydrogen-bond acceptors (Lipinski definition) is 7. The summed E-state index contributed by atoms with van der Waals surface area (Å²) < 4.78 is 28.6. The highest BCUT2D eigenvalue weighted by atomic mass is 32.2. The van der Waals surface area contributed by atoms with Crippen LogP contribution in [0.15, 0.2) is 9.64 Å². The van der Waals surface area contributed by atoms with Gasteiger partial charge in [0, 0.05) is 6.04 Å². The SMILES string of the molecule is C[C@H](NC(=O)CSc1nnc([C@H]2CCS(=O)(=O)C2)o1)[C@@H]1C[C@H]2CC[C@H]1C2. The summed E-state index contributed by atoms with van der Waals surface area (Å²) in [5.74, 6) is 2.87. The van der Waals surface area contributed by atoms with Crippen LogP contribution in [0.2, 0.25) is 0 Å². The van der Waals surface area contributed by atoms with E-state index in [0.29, 0.717) is 23.5 Å². The lowest BCUT2D eigenvalue weighted by Gasteiger charge is -2.28. The van der Waals surface area contributed by atoms with E-state index in [2.05, 4.69) is 22.4 Å². The van der Waals surface area contributed by atoms with Crippen LogP contribution in [0.1, 0.15) is 50.8 Å². The topological polar surface area (TPSA) is 102 Å². The zero-order valence-electron chi connectivity index (χ0n) is 14.9. The zero-order valence-corrected chi connectivity index (χ0v) is 16.5. The van der Waals surface area contributed by atoms with E-state index < -0.39 is 9.84 Å². The number of nitrogens with zero attached hydrogens (tertiary/aromatic N) is 2. The molecule has 7 nitrogen and oxygen atoms in total. The van der Waals surface area contributed by atoms with Gasteiger partial charge in [-0.1, -0.05) is 18.2 Å². The fraction of sp³-hybridized carbons (Fsp3) is 0.824. The van der Waals surface area contributed by atoms with Gasteiger partial charge in [-0.2, -0.15) is 0 Å². The first-order valence-corrected chi connectivity index (χ1v) is 12.2. The molecule has 144 valence electrons. The van der Waals surface area contributed by atoms with Crippen molar-refractivity contribution in [3.05, 3.63) is 5.89 Å². The smallest absolute Gasteiger partial charge is 0.277 e. The van der Waals surface area contributed by atoms with Crippen molar-refractivity contribution in [2.45, 2.75) is 56.2 Å². The average Bonchev–Trinajstić information content (AvgIpc) is 3.36. The summed E-state index contributed by atoms with van der Waals surface area (Å²) in [4.78, 5) is 12.2. The number of carbonyl (C=O) groups is 1. The van der Waals surface area contributed by atoms with Crippen molar-refractivity contribution < 1.29 is 17.6 Å². The summed E-state index contributed by atoms with van der Waals surface area (Å²) in [6.45, 7) is 2.11. The number of hydrogen-bond donors (Lipinski definition) is 1. The van der Waals surface area contributed by atoms with Gasteiger partial charge in [-0.15, -0.1) is 10.2 Å². The number of fused-ring (bicyclic) bond motifs is 2. The maximum Gasteiger partial charge on any atom is 0.277 e. The molecule has 26 heavy (non-hydrogen) atoms. The highest BCUT2D eigenvalue weighted by Gasteiger charge is 2.42. The molecule has 0 unspecified atom stereocenters. The highest BCUT2D eigenvalue weighted by molar-refractivity contribution is 7.99. The minimum absolute atomic E-state index is 0.0199. The Bertz CT molecular complexity index is 779. The van der Waals surface area contributed by atoms with Crippen molar-refractivity contribution in [2.75, 3.05) is 17.3 Å². The third kappa shape index (κ3) is 3.93. The van der Waals surface area contributed by atoms with Gasteiger partial charge in [0.15, 0.2) is 9.84 Å². The summed E-state index contributed by atoms with van der Waals surface area (Å²) in [7, 11) is -2.98. The van der Waals surface area contributed by atoms with Crippen LogP contribution < -0.4 is 5.32 Å². The monoisotopic (exact) mass is 399 g/mol. The van der Waals surface area contributed by atoms with Crippen molar-refractivity contribution in [1.29, 1.82) is 0 Å². The number of aromatic nitrogens is 2. The Morgan fingerprint density at radius 3 is 2.81 bits per heavy atom. The molecule has 1 N–H and O–H groups in total. The minimum Gasteiger partial charge on any atom is -0.416 e. The fourth-order valence-electron chi connectivity index (χ4n) is 4.87. The predicted molar refractivity (Wildman–Crippen MR) is 97.6 cm³/mol. The number of rotatable bonds is 6. The number of nitrogens with one attached hydrogen (secondary N) is 1. The largest absolute Gasteiger partial charge is 0.416 e. The van der Waals surface area contributed by atoms with Crippen LogP contribution in [0, 0.1) is 17.8 Å². The Hall–Kier alpha value is -1.09. The molecule has 4 rings (SSSR count). The second-order valence-corrected chi connectivity index (χ2v) is 11.1. The number of thioether (sulfide) groups is 1. The Labute approximate surface area is 158 Å². The average molecular weight is 400 g/mol. The van der Waals surface area contributed by atoms with Crippen molar-refractivity contribution in [2.24, 2.45) is 17.8 Å². The van der Waals surface area contributed by atoms with Crippen molar-refractivity contribution in [3.63, 3.8) is 0 Å². The minimum atomic E-state index is -2.98. The van der Waals surface area contributed by atoms with E-state index in [1.165, 1.54) is 37.4 Å². The van der Waals surface area contributed by atoms with E-state index in [4.69, 9.17) is 4.42 Å². The second-order valence-electron chi connectivity index (χ2n) is 7.99. The summed E-state index contributed by atoms with van der Waals surface area (Å²) in [5, 5.41) is 11.3. The Balaban J connectivity index is 1.24. The first-order chi connectivity index (χ1) is 12.4. The normalized spacial score (nSPS) is 33.4. The summed E-state index contributed by atoms with van der Waals surface area (Å²) >= 11 is 1.21. The molecule has 2 heterocycles. The molecule has 9 heteroatoms. The maximum absolute atomic E-state index is 12.2. The molecule has 2 aliphatic carbocycles. The van der Waals surface area contributed by atoms with Gasteiger partial charge in [0.05, 0.1) is 23.2 Å². The molecule has 0 radical (unpaired) electrons. The zero-order chi connectivity index (χ0) is 18.3. The van der Waals surface area contributed by atoms with Gasteiger partial charge < -0.3 is 9.73 Å². The number of sulfone groups is 1. The maximum atomic E-state index is 12.2. The van der Waals surface area contributed by atoms with E-state index in [-0.39, 0.29) is 35.1 Å². The molecule has 1 saturated heterocycles. The molecule has 2 bridgehead atoms. The number of carbonyl (C=O) groups excluding carboxylic acids is 1. The van der Waals surface area contributed by atoms with Gasteiger partial charge in [-0.05, 0) is 50.4 Å². The van der Waals surface area contributed by atoms with Crippen molar-refractivity contribution >= 4 is 27.5 Å². The Kier molecular flexibility index (Phi) is 5.02. The standard InChI is InChI=1S/C17H25N3O4S2/c1-10(14-7-11-2-3-12(14)6-11)18-15(21)8-25-17-20-19-16(24-17)13-4-5-26(22,23)9-13/h10-14H,2-9H2,1H3,(H,18,21)/t10-,11-,12-,13-,14-/m0/s1. The van der Waals surface area contributed by atoms with Crippen LogP contribution in [-0.2, 0) is 14.6 Å². The van der Waals surface area contributed by atoms with Crippen LogP contribution in [0.25, 0.3) is 0 Å². The van der Waals surface area contributed by atoms with Crippen LogP contribution in [0.3, 0.4) is 0 Å². The summed E-state index contributed by atoms with van der Waals surface area (Å²) in [6.07, 6.45) is 5.78. The number of amides is 1. The van der Waals surface area contributed by atoms with Crippen LogP contribution in [-0.4, -0.2) is 47.8 Å². The lowest BCUT2D eigenvalue weighted by Crippen LogP contribution is -2.40. The van der Waals surface area contributed by atoms with Gasteiger partial charge >= 0.3 is 0 Å². The molecule has 3 aliphatic rings. The molecule has 3 fully saturated rings. The Morgan fingerprint density at radius 1 is 1.31 bits per heavy atom. The second kappa shape index (κ2) is 7.14. The molecule has 0 spiro atoms. The predicted octanol–water partition coefficient (Wildman–Crippen LogP) is 2.00. The molecule has 5 atom stereocenters. The van der Waals surface area contributed by atoms with Gasteiger partial charge in [0.2, 0.25) is 11.8 Å². The molecular formula is C17H25N3O4S2. The molecule has 1 aromatic heterocycles. The lowest BCUT2D eigenvalue weighted by atomic mass is 9.84. The first kappa shape index (κ1) is 18.3. The van der Waals surface area contributed by atoms with E-state index in [1.807, 2.05) is 0 Å². The van der Waals surface area contributed by atoms with Crippen LogP contribution >= 0.6 is 11.8 Å². The summed E-state index contributed by atoms with van der Waals surface area (Å²) in [5.41, 5.74) is 0. The molecule has 1 amide bonds. The molecule has 1 aromatic rings. The van der Waals surface area contributed by atoms with E-state index in [1.54, 1.807) is 0 Å². The van der Waals surface area contributed by atoms with Crippen LogP contribution in [0.5, 0.6) is 0 Å². The first-order valence-electron chi connectivity index (χ1n) is 9.35. The molecule has 2 saturated carbocycles. The lowest BCUT2D eigenvalue weighted by molar-refractivity contribution is -0.119. The molecular weight excluding hydrogens is 374 g/mol. The van der Waals surface area contributed by atoms with Crippen LogP contribution in [0.4, 0.5) is 0 Å². The van der Waals surface area contributed by atoms with E-state index in [9.17, 15) is 13.2 Å². The fourth-order valence-corrected chi connectivity index (χ4v) is 7.18. The van der Waals surface area contributed by atoms with E-state index in [0.717, 1.165) is 11.8 Å². The highest BCUT2D eigenvalue weighted by Crippen LogP contribution is 2.49. The van der Waals surface area contributed by atoms with E-state index >= 15 is 0 Å². The van der Waals surface area contributed by atoms with Crippen molar-refractivity contribution in [3.8, 4) is 0 Å². The molecule has 0 aromatic carbocycles. The Morgan fingerprint density at radius 2 is 2.15 bits per heavy atom. The third-order valence-electron chi connectivity index (χ3n) is 6.15. The van der Waals surface area contributed by atoms with Gasteiger partial charge in [0.1, 0.15) is 0 Å². The van der Waals surface area contributed by atoms with Gasteiger partial charge in [0.25, 0.3) is 5.22 Å². The summed E-state index contributed by atoms with van der Waals surface area (Å²) in [6, 6.07) is 0.209. The quantitative estimate of drug-likeness (QED) is 0.730.